The van der Waals surface area contributed by atoms with Crippen LogP contribution in [0.3, 0.4) is 0 Å². The third-order valence-corrected chi connectivity index (χ3v) is 8.03. The molecule has 0 aromatic heterocycles. The number of nitriles is 1. The van der Waals surface area contributed by atoms with Gasteiger partial charge in [-0.25, -0.2) is 0 Å². The van der Waals surface area contributed by atoms with Crippen molar-refractivity contribution in [3.8, 4) is 6.07 Å². The first kappa shape index (κ1) is 30.8. The van der Waals surface area contributed by atoms with Gasteiger partial charge in [-0.15, -0.1) is 0 Å². The van der Waals surface area contributed by atoms with Gasteiger partial charge in [0.15, 0.2) is 0 Å². The van der Waals surface area contributed by atoms with Gasteiger partial charge in [-0.2, -0.15) is 5.26 Å². The summed E-state index contributed by atoms with van der Waals surface area (Å²) < 4.78 is 31.6. The standard InChI is InChI=1S/C22H39N2O7P.Re/c1-15(2)24(16(3)4)32(14-19(26)30-21(5,6)8-9-23)31-20-17(13-25)29-18-12-22(18,20)28-11-10-27-7;/h15-18,20,25H,8,10-14H2,1-7H3;/t17-,18+,20?,22?,32?;/m1./s1. The van der Waals surface area contributed by atoms with E-state index in [0.717, 1.165) is 0 Å². The number of aliphatic hydroxyl groups is 1. The van der Waals surface area contributed by atoms with Gasteiger partial charge in [0.05, 0.1) is 38.4 Å². The van der Waals surface area contributed by atoms with Gasteiger partial charge < -0.3 is 28.6 Å². The number of fused-ring (bicyclic) bond motifs is 1. The monoisotopic (exact) mass is 661 g/mol. The van der Waals surface area contributed by atoms with E-state index in [-0.39, 0.29) is 57.8 Å². The fraction of sp³-hybridized carbons (Fsp3) is 0.909. The van der Waals surface area contributed by atoms with Crippen molar-refractivity contribution in [2.45, 2.75) is 96.0 Å². The summed E-state index contributed by atoms with van der Waals surface area (Å²) in [5.74, 6) is -0.413. The van der Waals surface area contributed by atoms with Crippen LogP contribution in [0.4, 0.5) is 0 Å². The predicted molar refractivity (Wildman–Crippen MR) is 120 cm³/mol. The van der Waals surface area contributed by atoms with Crippen molar-refractivity contribution >= 4 is 14.3 Å². The third kappa shape index (κ3) is 7.90. The molecule has 2 rings (SSSR count). The zero-order chi connectivity index (χ0) is 24.1. The van der Waals surface area contributed by atoms with Crippen molar-refractivity contribution in [2.75, 3.05) is 33.1 Å². The summed E-state index contributed by atoms with van der Waals surface area (Å²) in [6.45, 7) is 12.3. The van der Waals surface area contributed by atoms with E-state index in [0.29, 0.717) is 19.6 Å². The van der Waals surface area contributed by atoms with Crippen LogP contribution in [0, 0.1) is 11.3 Å². The average molecular weight is 661 g/mol. The van der Waals surface area contributed by atoms with Gasteiger partial charge in [0.1, 0.15) is 37.9 Å². The van der Waals surface area contributed by atoms with Crippen LogP contribution in [0.15, 0.2) is 0 Å². The smallest absolute Gasteiger partial charge is 0.314 e. The van der Waals surface area contributed by atoms with Crippen LogP contribution in [0.25, 0.3) is 0 Å². The molecule has 9 nitrogen and oxygen atoms in total. The van der Waals surface area contributed by atoms with Crippen molar-refractivity contribution < 1.29 is 53.8 Å². The molecule has 33 heavy (non-hydrogen) atoms. The molecular weight excluding hydrogens is 621 g/mol. The van der Waals surface area contributed by atoms with Crippen molar-refractivity contribution in [1.82, 2.24) is 4.67 Å². The molecule has 0 aromatic rings. The van der Waals surface area contributed by atoms with Crippen molar-refractivity contribution in [3.05, 3.63) is 0 Å². The Hall–Kier alpha value is -0.188. The summed E-state index contributed by atoms with van der Waals surface area (Å²) in [4.78, 5) is 12.9. The van der Waals surface area contributed by atoms with Crippen LogP contribution >= 0.6 is 8.30 Å². The minimum Gasteiger partial charge on any atom is -0.458 e. The molecule has 2 aliphatic rings. The largest absolute Gasteiger partial charge is 0.458 e. The Morgan fingerprint density at radius 2 is 1.94 bits per heavy atom. The molecule has 5 atom stereocenters. The summed E-state index contributed by atoms with van der Waals surface area (Å²) in [7, 11) is 0.189. The first-order chi connectivity index (χ1) is 15.0. The minimum absolute atomic E-state index is 0. The zero-order valence-corrected chi connectivity index (χ0v) is 24.4. The van der Waals surface area contributed by atoms with Crippen LogP contribution in [0.1, 0.15) is 54.4 Å². The molecular formula is C22H39N2O7PRe. The van der Waals surface area contributed by atoms with Crippen molar-refractivity contribution in [2.24, 2.45) is 0 Å². The molecule has 0 aromatic carbocycles. The van der Waals surface area contributed by atoms with Crippen LogP contribution < -0.4 is 0 Å². The van der Waals surface area contributed by atoms with E-state index in [1.807, 2.05) is 0 Å². The summed E-state index contributed by atoms with van der Waals surface area (Å²) in [5.41, 5.74) is -1.50. The molecule has 1 heterocycles. The number of nitrogens with zero attached hydrogens (tertiary/aromatic N) is 2. The van der Waals surface area contributed by atoms with Gasteiger partial charge in [0.25, 0.3) is 0 Å². The number of ether oxygens (including phenoxy) is 4. The Morgan fingerprint density at radius 3 is 2.45 bits per heavy atom. The normalized spacial score (nSPS) is 27.3. The van der Waals surface area contributed by atoms with Crippen LogP contribution in [0.2, 0.25) is 0 Å². The Balaban J connectivity index is 0.00000544. The molecule has 191 valence electrons. The Morgan fingerprint density at radius 1 is 1.30 bits per heavy atom. The molecule has 1 saturated heterocycles. The van der Waals surface area contributed by atoms with Crippen LogP contribution in [0.5, 0.6) is 0 Å². The van der Waals surface area contributed by atoms with E-state index in [2.05, 4.69) is 38.4 Å². The van der Waals surface area contributed by atoms with Gasteiger partial charge in [0.2, 0.25) is 0 Å². The summed E-state index contributed by atoms with van der Waals surface area (Å²) >= 11 is 0. The van der Waals surface area contributed by atoms with Gasteiger partial charge in [-0.1, -0.05) is 0 Å². The number of carbonyl (C=O) groups excluding carboxylic acids is 1. The SMILES string of the molecule is COCCOC12C[C@@H]1O[C@H](CO)C2OP(CC(=O)OC(C)(C)CC#N)N(C(C)C)C(C)C.[Re]. The van der Waals surface area contributed by atoms with Gasteiger partial charge in [0, 0.05) is 46.0 Å². The zero-order valence-electron chi connectivity index (χ0n) is 20.7. The molecule has 3 unspecified atom stereocenters. The summed E-state index contributed by atoms with van der Waals surface area (Å²) in [6, 6.07) is 2.30. The first-order valence-corrected chi connectivity index (χ1v) is 12.6. The Labute approximate surface area is 212 Å². The van der Waals surface area contributed by atoms with E-state index in [9.17, 15) is 9.90 Å². The van der Waals surface area contributed by atoms with Gasteiger partial charge in [-0.3, -0.25) is 9.46 Å². The fourth-order valence-electron chi connectivity index (χ4n) is 4.23. The molecule has 1 saturated carbocycles. The van der Waals surface area contributed by atoms with Crippen LogP contribution in [-0.2, 0) is 48.7 Å². The molecule has 0 bridgehead atoms. The topological polar surface area (TPSA) is 110 Å². The molecule has 1 aliphatic heterocycles. The maximum absolute atomic E-state index is 12.9. The second kappa shape index (κ2) is 13.2. The van der Waals surface area contributed by atoms with Gasteiger partial charge >= 0.3 is 5.97 Å². The number of hydrogen-bond donors (Lipinski definition) is 1. The number of hydrogen-bond acceptors (Lipinski definition) is 9. The molecule has 0 spiro atoms. The van der Waals surface area contributed by atoms with Crippen molar-refractivity contribution in [1.29, 1.82) is 5.26 Å². The quantitative estimate of drug-likeness (QED) is 0.171. The van der Waals surface area contributed by atoms with E-state index in [1.165, 1.54) is 0 Å². The maximum atomic E-state index is 12.9. The molecule has 11 heteroatoms. The molecule has 0 amide bonds. The van der Waals surface area contributed by atoms with E-state index in [4.69, 9.17) is 28.7 Å². The number of methoxy groups -OCH3 is 1. The number of aliphatic hydroxyl groups excluding tert-OH is 1. The minimum atomic E-state index is -1.42. The Kier molecular flexibility index (Phi) is 12.3. The number of carbonyl (C=O) groups is 1. The van der Waals surface area contributed by atoms with E-state index < -0.39 is 37.7 Å². The number of rotatable bonds is 14. The molecule has 1 N–H and O–H groups in total. The fourth-order valence-corrected chi connectivity index (χ4v) is 6.47. The summed E-state index contributed by atoms with van der Waals surface area (Å²) in [6.07, 6.45) is -0.310. The Bertz CT molecular complexity index is 668. The molecule has 1 aliphatic carbocycles. The van der Waals surface area contributed by atoms with Crippen molar-refractivity contribution in [3.63, 3.8) is 0 Å². The third-order valence-electron chi connectivity index (χ3n) is 5.60. The second-order valence-electron chi connectivity index (χ2n) is 9.52. The molecule has 2 fully saturated rings. The van der Waals surface area contributed by atoms with E-state index >= 15 is 0 Å². The van der Waals surface area contributed by atoms with Crippen LogP contribution in [-0.4, -0.2) is 90.4 Å². The first-order valence-electron chi connectivity index (χ1n) is 11.2. The van der Waals surface area contributed by atoms with E-state index in [1.54, 1.807) is 21.0 Å². The molecule has 1 radical (unpaired) electrons. The van der Waals surface area contributed by atoms with Gasteiger partial charge in [-0.05, 0) is 41.5 Å². The second-order valence-corrected chi connectivity index (χ2v) is 11.2. The average Bonchev–Trinajstić information content (AvgIpc) is 3.28. The maximum Gasteiger partial charge on any atom is 0.314 e. The number of esters is 1. The summed E-state index contributed by atoms with van der Waals surface area (Å²) in [5, 5.41) is 18.9. The predicted octanol–water partition coefficient (Wildman–Crippen LogP) is 2.60.